The van der Waals surface area contributed by atoms with Gasteiger partial charge in [0.1, 0.15) is 19.0 Å². The van der Waals surface area contributed by atoms with Crippen LogP contribution in [0.4, 0.5) is 15.8 Å². The zero-order valence-electron chi connectivity index (χ0n) is 14.2. The molecule has 0 aliphatic carbocycles. The molecular formula is C19H16ClFN2O4. The van der Waals surface area contributed by atoms with Crippen molar-refractivity contribution in [3.8, 4) is 11.5 Å². The summed E-state index contributed by atoms with van der Waals surface area (Å²) in [5, 5.41) is 2.77. The average molecular weight is 391 g/mol. The van der Waals surface area contributed by atoms with Gasteiger partial charge in [-0.1, -0.05) is 11.6 Å². The van der Waals surface area contributed by atoms with Gasteiger partial charge < -0.3 is 19.7 Å². The molecule has 1 saturated heterocycles. The number of fused-ring (bicyclic) bond motifs is 1. The standard InChI is InChI=1S/C19H16ClFN2O4/c20-12-1-3-15(14(21)8-12)22-19(25)11-7-18(24)23(10-11)13-2-4-16-17(9-13)27-6-5-26-16/h1-4,8-9,11H,5-7,10H2,(H,22,25)/t11-/m0/s1. The van der Waals surface area contributed by atoms with E-state index in [1.807, 2.05) is 0 Å². The first-order valence-electron chi connectivity index (χ1n) is 8.47. The fourth-order valence-electron chi connectivity index (χ4n) is 3.16. The number of halogens is 2. The Morgan fingerprint density at radius 1 is 1.15 bits per heavy atom. The van der Waals surface area contributed by atoms with Gasteiger partial charge in [-0.15, -0.1) is 0 Å². The second-order valence-corrected chi connectivity index (χ2v) is 6.78. The molecule has 2 amide bonds. The highest BCUT2D eigenvalue weighted by Gasteiger charge is 2.35. The van der Waals surface area contributed by atoms with E-state index >= 15 is 0 Å². The first kappa shape index (κ1) is 17.6. The van der Waals surface area contributed by atoms with E-state index in [9.17, 15) is 14.0 Å². The highest BCUT2D eigenvalue weighted by molar-refractivity contribution is 6.30. The molecule has 0 aromatic heterocycles. The molecule has 140 valence electrons. The Labute approximate surface area is 159 Å². The number of amides is 2. The molecule has 0 radical (unpaired) electrons. The van der Waals surface area contributed by atoms with Crippen molar-refractivity contribution in [1.82, 2.24) is 0 Å². The van der Waals surface area contributed by atoms with Crippen molar-refractivity contribution in [2.75, 3.05) is 30.0 Å². The summed E-state index contributed by atoms with van der Waals surface area (Å²) in [5.74, 6) is -0.593. The van der Waals surface area contributed by atoms with Gasteiger partial charge in [-0.2, -0.15) is 0 Å². The molecule has 6 nitrogen and oxygen atoms in total. The molecule has 4 rings (SSSR count). The second kappa shape index (κ2) is 7.08. The molecule has 0 saturated carbocycles. The van der Waals surface area contributed by atoms with Crippen LogP contribution in [-0.4, -0.2) is 31.6 Å². The van der Waals surface area contributed by atoms with Gasteiger partial charge in [0, 0.05) is 29.7 Å². The van der Waals surface area contributed by atoms with Crippen LogP contribution in [0.25, 0.3) is 0 Å². The van der Waals surface area contributed by atoms with Gasteiger partial charge in [-0.3, -0.25) is 9.59 Å². The number of carbonyl (C=O) groups is 2. The molecule has 0 spiro atoms. The SMILES string of the molecule is O=C(Nc1ccc(Cl)cc1F)[C@H]1CC(=O)N(c2ccc3c(c2)OCCO3)C1. The zero-order chi connectivity index (χ0) is 19.0. The number of nitrogens with zero attached hydrogens (tertiary/aromatic N) is 1. The molecule has 2 aliphatic heterocycles. The van der Waals surface area contributed by atoms with Crippen molar-refractivity contribution in [3.05, 3.63) is 47.2 Å². The molecule has 2 aromatic carbocycles. The predicted octanol–water partition coefficient (Wildman–Crippen LogP) is 3.24. The van der Waals surface area contributed by atoms with E-state index < -0.39 is 17.6 Å². The lowest BCUT2D eigenvalue weighted by Crippen LogP contribution is -2.28. The van der Waals surface area contributed by atoms with Crippen LogP contribution < -0.4 is 19.7 Å². The fourth-order valence-corrected chi connectivity index (χ4v) is 3.32. The molecule has 2 heterocycles. The largest absolute Gasteiger partial charge is 0.486 e. The number of carbonyl (C=O) groups excluding carboxylic acids is 2. The summed E-state index contributed by atoms with van der Waals surface area (Å²) in [7, 11) is 0. The van der Waals surface area contributed by atoms with Gasteiger partial charge in [0.2, 0.25) is 11.8 Å². The lowest BCUT2D eigenvalue weighted by Gasteiger charge is -2.22. The van der Waals surface area contributed by atoms with E-state index in [0.29, 0.717) is 30.4 Å². The van der Waals surface area contributed by atoms with Crippen molar-refractivity contribution < 1.29 is 23.5 Å². The normalized spacial score (nSPS) is 18.5. The Morgan fingerprint density at radius 3 is 2.70 bits per heavy atom. The lowest BCUT2D eigenvalue weighted by molar-refractivity contribution is -0.122. The maximum atomic E-state index is 13.9. The van der Waals surface area contributed by atoms with Gasteiger partial charge in [-0.05, 0) is 30.3 Å². The molecule has 1 fully saturated rings. The first-order chi connectivity index (χ1) is 13.0. The highest BCUT2D eigenvalue weighted by Crippen LogP contribution is 2.36. The summed E-state index contributed by atoms with van der Waals surface area (Å²) in [5.41, 5.74) is 0.673. The number of ether oxygens (including phenoxy) is 2. The fraction of sp³-hybridized carbons (Fsp3) is 0.263. The third-order valence-electron chi connectivity index (χ3n) is 4.52. The summed E-state index contributed by atoms with van der Waals surface area (Å²) in [6, 6.07) is 9.23. The molecule has 1 N–H and O–H groups in total. The van der Waals surface area contributed by atoms with Crippen LogP contribution in [0.5, 0.6) is 11.5 Å². The highest BCUT2D eigenvalue weighted by atomic mass is 35.5. The van der Waals surface area contributed by atoms with Gasteiger partial charge in [-0.25, -0.2) is 4.39 Å². The van der Waals surface area contributed by atoms with Crippen molar-refractivity contribution in [1.29, 1.82) is 0 Å². The lowest BCUT2D eigenvalue weighted by atomic mass is 10.1. The number of rotatable bonds is 3. The van der Waals surface area contributed by atoms with E-state index in [4.69, 9.17) is 21.1 Å². The van der Waals surface area contributed by atoms with Gasteiger partial charge in [0.05, 0.1) is 11.6 Å². The van der Waals surface area contributed by atoms with E-state index in [-0.39, 0.29) is 29.6 Å². The summed E-state index contributed by atoms with van der Waals surface area (Å²) in [6.45, 7) is 1.14. The minimum atomic E-state index is -0.621. The monoisotopic (exact) mass is 390 g/mol. The van der Waals surface area contributed by atoms with Gasteiger partial charge in [0.25, 0.3) is 0 Å². The average Bonchev–Trinajstić information content (AvgIpc) is 3.05. The Balaban J connectivity index is 1.48. The Bertz CT molecular complexity index is 921. The quantitative estimate of drug-likeness (QED) is 0.873. The van der Waals surface area contributed by atoms with Crippen LogP contribution >= 0.6 is 11.6 Å². The van der Waals surface area contributed by atoms with Crippen LogP contribution in [0.1, 0.15) is 6.42 Å². The molecule has 0 bridgehead atoms. The summed E-state index contributed by atoms with van der Waals surface area (Å²) in [6.07, 6.45) is 0.0511. The van der Waals surface area contributed by atoms with E-state index in [1.165, 1.54) is 17.0 Å². The van der Waals surface area contributed by atoms with Crippen LogP contribution in [0, 0.1) is 11.7 Å². The van der Waals surface area contributed by atoms with E-state index in [0.717, 1.165) is 6.07 Å². The zero-order valence-corrected chi connectivity index (χ0v) is 15.0. The molecule has 1 atom stereocenters. The smallest absolute Gasteiger partial charge is 0.229 e. The predicted molar refractivity (Wildman–Crippen MR) is 97.9 cm³/mol. The van der Waals surface area contributed by atoms with Crippen LogP contribution in [0.15, 0.2) is 36.4 Å². The number of hydrogen-bond acceptors (Lipinski definition) is 4. The molecule has 27 heavy (non-hydrogen) atoms. The third kappa shape index (κ3) is 3.55. The van der Waals surface area contributed by atoms with E-state index in [1.54, 1.807) is 18.2 Å². The molecular weight excluding hydrogens is 375 g/mol. The summed E-state index contributed by atoms with van der Waals surface area (Å²) >= 11 is 5.71. The van der Waals surface area contributed by atoms with Crippen molar-refractivity contribution >= 4 is 34.8 Å². The minimum Gasteiger partial charge on any atom is -0.486 e. The van der Waals surface area contributed by atoms with Crippen molar-refractivity contribution in [2.24, 2.45) is 5.92 Å². The number of nitrogens with one attached hydrogen (secondary N) is 1. The summed E-state index contributed by atoms with van der Waals surface area (Å²) in [4.78, 5) is 26.4. The second-order valence-electron chi connectivity index (χ2n) is 6.35. The van der Waals surface area contributed by atoms with Crippen molar-refractivity contribution in [2.45, 2.75) is 6.42 Å². The number of benzene rings is 2. The van der Waals surface area contributed by atoms with Crippen LogP contribution in [-0.2, 0) is 9.59 Å². The van der Waals surface area contributed by atoms with Crippen LogP contribution in [0.2, 0.25) is 5.02 Å². The first-order valence-corrected chi connectivity index (χ1v) is 8.85. The molecule has 8 heteroatoms. The van der Waals surface area contributed by atoms with Crippen molar-refractivity contribution in [3.63, 3.8) is 0 Å². The Kier molecular flexibility index (Phi) is 4.61. The molecule has 0 unspecified atom stereocenters. The summed E-state index contributed by atoms with van der Waals surface area (Å²) < 4.78 is 24.9. The van der Waals surface area contributed by atoms with Gasteiger partial charge >= 0.3 is 0 Å². The Hall–Kier alpha value is -2.80. The minimum absolute atomic E-state index is 0.0367. The number of anilines is 2. The topological polar surface area (TPSA) is 67.9 Å². The maximum absolute atomic E-state index is 13.9. The number of hydrogen-bond donors (Lipinski definition) is 1. The van der Waals surface area contributed by atoms with E-state index in [2.05, 4.69) is 5.32 Å². The Morgan fingerprint density at radius 2 is 1.93 bits per heavy atom. The third-order valence-corrected chi connectivity index (χ3v) is 4.76. The van der Waals surface area contributed by atoms with Crippen LogP contribution in [0.3, 0.4) is 0 Å². The van der Waals surface area contributed by atoms with Gasteiger partial charge in [0.15, 0.2) is 11.5 Å². The molecule has 2 aliphatic rings. The molecule has 2 aromatic rings. The maximum Gasteiger partial charge on any atom is 0.229 e.